The Balaban J connectivity index is 3.08. The van der Waals surface area contributed by atoms with Gasteiger partial charge >= 0.3 is 17.9 Å². The third-order valence-electron chi connectivity index (χ3n) is 3.02. The second kappa shape index (κ2) is 8.84. The van der Waals surface area contributed by atoms with Crippen LogP contribution in [-0.4, -0.2) is 60.3 Å². The van der Waals surface area contributed by atoms with Crippen molar-refractivity contribution >= 4 is 35.4 Å². The zero-order valence-corrected chi connectivity index (χ0v) is 14.5. The summed E-state index contributed by atoms with van der Waals surface area (Å²) in [6.45, 7) is 4.51. The van der Waals surface area contributed by atoms with Crippen LogP contribution in [0.4, 0.5) is 0 Å². The molecular formula is C14H20ClNO8. The number of esters is 3. The number of ether oxygens (including phenoxy) is 4. The predicted molar refractivity (Wildman–Crippen MR) is 79.9 cm³/mol. The second-order valence-electron chi connectivity index (χ2n) is 5.19. The molecule has 1 aliphatic rings. The molecule has 0 unspecified atom stereocenters. The molecule has 0 radical (unpaired) electrons. The standard InChI is InChI=1S/C14H20ClNO8/c1-6(17)16-14-11(15)13(23-9(4)20)12(22-8(3)19)10(24-14)5-21-7(2)18/h10-14H,5H2,1-4H3,(H,16,17)/t10-,11-,12+,13-,14+/m1/s1. The Hall–Kier alpha value is -1.87. The summed E-state index contributed by atoms with van der Waals surface area (Å²) in [5.74, 6) is -2.31. The summed E-state index contributed by atoms with van der Waals surface area (Å²) < 4.78 is 20.7. The molecule has 1 N–H and O–H groups in total. The molecule has 1 rings (SSSR count). The van der Waals surface area contributed by atoms with Crippen LogP contribution in [0.5, 0.6) is 0 Å². The summed E-state index contributed by atoms with van der Waals surface area (Å²) in [5.41, 5.74) is 0. The minimum Gasteiger partial charge on any atom is -0.463 e. The van der Waals surface area contributed by atoms with E-state index in [4.69, 9.17) is 30.5 Å². The SMILES string of the molecule is CC(=O)N[C@H]1O[C@H](COC(C)=O)[C@H](OC(C)=O)[C@H](OC(C)=O)[C@H]1Cl. The highest BCUT2D eigenvalue weighted by molar-refractivity contribution is 6.21. The van der Waals surface area contributed by atoms with Crippen LogP contribution in [0.1, 0.15) is 27.7 Å². The molecule has 1 heterocycles. The Kier molecular flexibility index (Phi) is 7.43. The van der Waals surface area contributed by atoms with Gasteiger partial charge in [0, 0.05) is 27.7 Å². The van der Waals surface area contributed by atoms with E-state index in [2.05, 4.69) is 5.32 Å². The lowest BCUT2D eigenvalue weighted by Gasteiger charge is -2.43. The van der Waals surface area contributed by atoms with Gasteiger partial charge in [0.05, 0.1) is 0 Å². The number of amides is 1. The Morgan fingerprint density at radius 1 is 0.958 bits per heavy atom. The zero-order chi connectivity index (χ0) is 18.4. The molecule has 0 spiro atoms. The van der Waals surface area contributed by atoms with E-state index in [1.165, 1.54) is 20.8 Å². The lowest BCUT2D eigenvalue weighted by atomic mass is 9.99. The number of alkyl halides is 1. The van der Waals surface area contributed by atoms with Crippen LogP contribution in [0.15, 0.2) is 0 Å². The van der Waals surface area contributed by atoms with Crippen LogP contribution in [-0.2, 0) is 38.1 Å². The maximum Gasteiger partial charge on any atom is 0.303 e. The molecule has 24 heavy (non-hydrogen) atoms. The molecule has 9 nitrogen and oxygen atoms in total. The Morgan fingerprint density at radius 2 is 1.50 bits per heavy atom. The van der Waals surface area contributed by atoms with Crippen molar-refractivity contribution in [3.05, 3.63) is 0 Å². The number of rotatable bonds is 5. The third kappa shape index (κ3) is 5.97. The highest BCUT2D eigenvalue weighted by Crippen LogP contribution is 2.29. The summed E-state index contributed by atoms with van der Waals surface area (Å²) in [5, 5.41) is 1.44. The van der Waals surface area contributed by atoms with Crippen LogP contribution >= 0.6 is 11.6 Å². The maximum atomic E-state index is 11.4. The molecule has 5 atom stereocenters. The van der Waals surface area contributed by atoms with E-state index >= 15 is 0 Å². The summed E-state index contributed by atoms with van der Waals surface area (Å²) in [4.78, 5) is 45.0. The topological polar surface area (TPSA) is 117 Å². The van der Waals surface area contributed by atoms with E-state index < -0.39 is 53.7 Å². The fourth-order valence-corrected chi connectivity index (χ4v) is 2.53. The van der Waals surface area contributed by atoms with E-state index in [1.54, 1.807) is 0 Å². The third-order valence-corrected chi connectivity index (χ3v) is 3.49. The van der Waals surface area contributed by atoms with Crippen molar-refractivity contribution in [1.29, 1.82) is 0 Å². The maximum absolute atomic E-state index is 11.4. The van der Waals surface area contributed by atoms with Crippen molar-refractivity contribution < 1.29 is 38.1 Å². The molecule has 0 aliphatic carbocycles. The molecule has 1 amide bonds. The number of hydrogen-bond acceptors (Lipinski definition) is 8. The highest BCUT2D eigenvalue weighted by Gasteiger charge is 2.49. The van der Waals surface area contributed by atoms with E-state index in [9.17, 15) is 19.2 Å². The van der Waals surface area contributed by atoms with Gasteiger partial charge in [0.15, 0.2) is 18.4 Å². The zero-order valence-electron chi connectivity index (χ0n) is 13.7. The Bertz CT molecular complexity index is 495. The van der Waals surface area contributed by atoms with Crippen LogP contribution in [0.25, 0.3) is 0 Å². The van der Waals surface area contributed by atoms with E-state index in [0.29, 0.717) is 0 Å². The minimum absolute atomic E-state index is 0.273. The van der Waals surface area contributed by atoms with Crippen molar-refractivity contribution in [3.8, 4) is 0 Å². The quantitative estimate of drug-likeness (QED) is 0.407. The van der Waals surface area contributed by atoms with E-state index in [1.807, 2.05) is 0 Å². The van der Waals surface area contributed by atoms with E-state index in [0.717, 1.165) is 6.92 Å². The lowest BCUT2D eigenvalue weighted by Crippen LogP contribution is -2.63. The minimum atomic E-state index is -1.10. The van der Waals surface area contributed by atoms with Crippen LogP contribution in [0, 0.1) is 0 Å². The molecule has 0 aromatic rings. The van der Waals surface area contributed by atoms with Gasteiger partial charge in [-0.25, -0.2) is 0 Å². The van der Waals surface area contributed by atoms with E-state index in [-0.39, 0.29) is 6.61 Å². The summed E-state index contributed by atoms with van der Waals surface area (Å²) in [6, 6.07) is 0. The average Bonchev–Trinajstić information content (AvgIpc) is 2.42. The molecule has 0 bridgehead atoms. The van der Waals surface area contributed by atoms with Gasteiger partial charge in [-0.1, -0.05) is 0 Å². The normalized spacial score (nSPS) is 29.3. The van der Waals surface area contributed by atoms with Gasteiger partial charge in [0.1, 0.15) is 18.1 Å². The first kappa shape index (κ1) is 20.2. The summed E-state index contributed by atoms with van der Waals surface area (Å²) in [7, 11) is 0. The molecule has 1 aliphatic heterocycles. The second-order valence-corrected chi connectivity index (χ2v) is 5.69. The van der Waals surface area contributed by atoms with Crippen molar-refractivity contribution in [1.82, 2.24) is 5.32 Å². The lowest BCUT2D eigenvalue weighted by molar-refractivity contribution is -0.217. The van der Waals surface area contributed by atoms with Crippen molar-refractivity contribution in [2.45, 2.75) is 57.6 Å². The molecule has 0 saturated carbocycles. The summed E-state index contributed by atoms with van der Waals surface area (Å²) >= 11 is 6.23. The van der Waals surface area contributed by atoms with Gasteiger partial charge in [0.25, 0.3) is 0 Å². The molecule has 10 heteroatoms. The van der Waals surface area contributed by atoms with Crippen LogP contribution < -0.4 is 5.32 Å². The van der Waals surface area contributed by atoms with Crippen molar-refractivity contribution in [2.24, 2.45) is 0 Å². The first-order valence-electron chi connectivity index (χ1n) is 7.16. The molecule has 0 aromatic carbocycles. The average molecular weight is 366 g/mol. The van der Waals surface area contributed by atoms with Crippen LogP contribution in [0.3, 0.4) is 0 Å². The molecule has 1 saturated heterocycles. The molecule has 1 fully saturated rings. The molecule has 0 aromatic heterocycles. The predicted octanol–water partition coefficient (Wildman–Crippen LogP) is -0.119. The van der Waals surface area contributed by atoms with Gasteiger partial charge in [-0.05, 0) is 0 Å². The van der Waals surface area contributed by atoms with Gasteiger partial charge < -0.3 is 24.3 Å². The Labute approximate surface area is 143 Å². The van der Waals surface area contributed by atoms with Crippen molar-refractivity contribution in [2.75, 3.05) is 6.61 Å². The van der Waals surface area contributed by atoms with Crippen LogP contribution in [0.2, 0.25) is 0 Å². The molecular weight excluding hydrogens is 346 g/mol. The van der Waals surface area contributed by atoms with Gasteiger partial charge in [-0.2, -0.15) is 0 Å². The fraction of sp³-hybridized carbons (Fsp3) is 0.714. The highest BCUT2D eigenvalue weighted by atomic mass is 35.5. The number of carbonyl (C=O) groups is 4. The van der Waals surface area contributed by atoms with Gasteiger partial charge in [-0.15, -0.1) is 11.6 Å². The Morgan fingerprint density at radius 3 is 1.96 bits per heavy atom. The van der Waals surface area contributed by atoms with Gasteiger partial charge in [-0.3, -0.25) is 19.2 Å². The fourth-order valence-electron chi connectivity index (χ4n) is 2.21. The number of halogens is 1. The van der Waals surface area contributed by atoms with Crippen molar-refractivity contribution in [3.63, 3.8) is 0 Å². The number of hydrogen-bond donors (Lipinski definition) is 1. The smallest absolute Gasteiger partial charge is 0.303 e. The first-order chi connectivity index (χ1) is 11.1. The monoisotopic (exact) mass is 365 g/mol. The number of nitrogens with one attached hydrogen (secondary N) is 1. The number of carbonyl (C=O) groups excluding carboxylic acids is 4. The largest absolute Gasteiger partial charge is 0.463 e. The first-order valence-corrected chi connectivity index (χ1v) is 7.60. The van der Waals surface area contributed by atoms with Gasteiger partial charge in [0.2, 0.25) is 5.91 Å². The molecule has 136 valence electrons. The summed E-state index contributed by atoms with van der Waals surface area (Å²) in [6.07, 6.45) is -4.20.